The fraction of sp³-hybridized carbons (Fsp3) is 0.423. The Hall–Kier alpha value is -2.61. The molecule has 1 aliphatic rings. The van der Waals surface area contributed by atoms with Crippen molar-refractivity contribution in [2.75, 3.05) is 32.8 Å². The molecule has 3 heterocycles. The molecule has 1 unspecified atom stereocenters. The fourth-order valence-corrected chi connectivity index (χ4v) is 5.47. The Morgan fingerprint density at radius 2 is 1.91 bits per heavy atom. The van der Waals surface area contributed by atoms with Crippen molar-refractivity contribution in [1.82, 2.24) is 24.9 Å². The van der Waals surface area contributed by atoms with Crippen molar-refractivity contribution < 1.29 is 4.74 Å². The number of aryl methyl sites for hydroxylation is 3. The molecule has 0 spiro atoms. The van der Waals surface area contributed by atoms with Gasteiger partial charge < -0.3 is 4.74 Å². The average molecular weight is 462 g/mol. The number of aromatic nitrogens is 4. The lowest BCUT2D eigenvalue weighted by molar-refractivity contribution is 0.0383. The number of ether oxygens (including phenoxy) is 1. The summed E-state index contributed by atoms with van der Waals surface area (Å²) in [4.78, 5) is 7.46. The molecule has 7 heteroatoms. The van der Waals surface area contributed by atoms with E-state index in [1.165, 1.54) is 27.0 Å². The van der Waals surface area contributed by atoms with Crippen molar-refractivity contribution in [3.63, 3.8) is 0 Å². The minimum absolute atomic E-state index is 0.0867. The van der Waals surface area contributed by atoms with Gasteiger partial charge in [-0.15, -0.1) is 16.4 Å². The van der Waals surface area contributed by atoms with Crippen LogP contribution in [0.15, 0.2) is 42.6 Å². The molecule has 2 aromatic heterocycles. The highest BCUT2D eigenvalue weighted by molar-refractivity contribution is 7.18. The maximum Gasteiger partial charge on any atom is 0.130 e. The average Bonchev–Trinajstić information content (AvgIpc) is 3.47. The van der Waals surface area contributed by atoms with Crippen LogP contribution < -0.4 is 0 Å². The van der Waals surface area contributed by atoms with Gasteiger partial charge in [0.25, 0.3) is 0 Å². The van der Waals surface area contributed by atoms with Gasteiger partial charge in [-0.3, -0.25) is 4.90 Å². The number of thiazole rings is 1. The second-order valence-electron chi connectivity index (χ2n) is 8.85. The third-order valence-corrected chi connectivity index (χ3v) is 7.64. The summed E-state index contributed by atoms with van der Waals surface area (Å²) in [5.74, 6) is 0. The van der Waals surface area contributed by atoms with E-state index in [9.17, 15) is 0 Å². The van der Waals surface area contributed by atoms with Gasteiger partial charge in [-0.1, -0.05) is 36.4 Å². The van der Waals surface area contributed by atoms with E-state index in [4.69, 9.17) is 9.72 Å². The molecule has 0 amide bonds. The maximum absolute atomic E-state index is 5.46. The first-order chi connectivity index (χ1) is 16.1. The smallest absolute Gasteiger partial charge is 0.130 e. The lowest BCUT2D eigenvalue weighted by Crippen LogP contribution is -2.37. The Labute approximate surface area is 199 Å². The first kappa shape index (κ1) is 22.2. The normalized spacial score (nSPS) is 15.8. The second kappa shape index (κ2) is 9.71. The summed E-state index contributed by atoms with van der Waals surface area (Å²) in [6.45, 7) is 11.1. The molecule has 2 aromatic carbocycles. The summed E-state index contributed by atoms with van der Waals surface area (Å²) >= 11 is 1.76. The van der Waals surface area contributed by atoms with Gasteiger partial charge in [-0.25, -0.2) is 9.67 Å². The summed E-state index contributed by atoms with van der Waals surface area (Å²) in [5.41, 5.74) is 7.17. The molecule has 0 saturated carbocycles. The van der Waals surface area contributed by atoms with E-state index < -0.39 is 0 Å². The highest BCUT2D eigenvalue weighted by atomic mass is 32.1. The van der Waals surface area contributed by atoms with E-state index in [2.05, 4.69) is 78.6 Å². The van der Waals surface area contributed by atoms with Crippen LogP contribution in [-0.4, -0.2) is 57.7 Å². The molecule has 172 valence electrons. The Kier molecular flexibility index (Phi) is 6.53. The Bertz CT molecular complexity index is 1240. The number of morpholine rings is 1. The van der Waals surface area contributed by atoms with E-state index in [1.54, 1.807) is 11.3 Å². The molecule has 0 N–H and O–H groups in total. The highest BCUT2D eigenvalue weighted by Gasteiger charge is 2.23. The number of rotatable bonds is 7. The third kappa shape index (κ3) is 4.86. The quantitative estimate of drug-likeness (QED) is 0.403. The van der Waals surface area contributed by atoms with Crippen LogP contribution in [0.3, 0.4) is 0 Å². The van der Waals surface area contributed by atoms with E-state index in [0.717, 1.165) is 61.9 Å². The molecule has 1 fully saturated rings. The Morgan fingerprint density at radius 1 is 1.06 bits per heavy atom. The molecule has 1 saturated heterocycles. The molecule has 5 rings (SSSR count). The number of fused-ring (bicyclic) bond motifs is 1. The molecule has 0 bridgehead atoms. The Morgan fingerprint density at radius 3 is 2.70 bits per heavy atom. The van der Waals surface area contributed by atoms with Crippen LogP contribution in [0.4, 0.5) is 0 Å². The minimum Gasteiger partial charge on any atom is -0.379 e. The molecule has 6 nitrogen and oxygen atoms in total. The first-order valence-corrected chi connectivity index (χ1v) is 12.6. The van der Waals surface area contributed by atoms with Gasteiger partial charge in [-0.05, 0) is 54.7 Å². The monoisotopic (exact) mass is 461 g/mol. The number of hydrogen-bond acceptors (Lipinski definition) is 6. The lowest BCUT2D eigenvalue weighted by atomic mass is 10.0. The molecule has 33 heavy (non-hydrogen) atoms. The zero-order valence-corrected chi connectivity index (χ0v) is 20.4. The largest absolute Gasteiger partial charge is 0.379 e. The van der Waals surface area contributed by atoms with E-state index >= 15 is 0 Å². The van der Waals surface area contributed by atoms with Crippen LogP contribution in [0, 0.1) is 13.8 Å². The van der Waals surface area contributed by atoms with Gasteiger partial charge in [-0.2, -0.15) is 0 Å². The zero-order valence-electron chi connectivity index (χ0n) is 19.6. The number of hydrogen-bond donors (Lipinski definition) is 0. The van der Waals surface area contributed by atoms with Crippen LogP contribution in [0.25, 0.3) is 10.2 Å². The molecule has 0 aliphatic carbocycles. The van der Waals surface area contributed by atoms with Crippen LogP contribution in [-0.2, 0) is 17.6 Å². The fourth-order valence-electron chi connectivity index (χ4n) is 4.32. The summed E-state index contributed by atoms with van der Waals surface area (Å²) in [6, 6.07) is 13.1. The van der Waals surface area contributed by atoms with E-state index in [-0.39, 0.29) is 6.04 Å². The van der Waals surface area contributed by atoms with Crippen LogP contribution in [0.1, 0.15) is 45.9 Å². The highest BCUT2D eigenvalue weighted by Crippen LogP contribution is 2.34. The molecule has 1 atom stereocenters. The standard InChI is InChI=1S/C26H31N5OS/c1-4-20-6-8-23-24(16-20)33-26(27-23)25(21-7-5-18(2)19(3)15-21)31-17-22(28-29-31)9-10-30-11-13-32-14-12-30/h5-8,15-17,25H,4,9-14H2,1-3H3. The predicted molar refractivity (Wildman–Crippen MR) is 133 cm³/mol. The predicted octanol–water partition coefficient (Wildman–Crippen LogP) is 4.58. The second-order valence-corrected chi connectivity index (χ2v) is 9.91. The first-order valence-electron chi connectivity index (χ1n) is 11.8. The summed E-state index contributed by atoms with van der Waals surface area (Å²) in [7, 11) is 0. The minimum atomic E-state index is -0.0867. The van der Waals surface area contributed by atoms with Crippen molar-refractivity contribution in [3.05, 3.63) is 75.6 Å². The topological polar surface area (TPSA) is 56.1 Å². The van der Waals surface area contributed by atoms with E-state index in [1.807, 2.05) is 4.68 Å². The van der Waals surface area contributed by atoms with Crippen LogP contribution >= 0.6 is 11.3 Å². The van der Waals surface area contributed by atoms with Gasteiger partial charge in [0.2, 0.25) is 0 Å². The van der Waals surface area contributed by atoms with Crippen molar-refractivity contribution in [2.45, 2.75) is 39.7 Å². The lowest BCUT2D eigenvalue weighted by Gasteiger charge is -2.25. The maximum atomic E-state index is 5.46. The summed E-state index contributed by atoms with van der Waals surface area (Å²) in [6.07, 6.45) is 4.02. The van der Waals surface area contributed by atoms with Gasteiger partial charge in [0.1, 0.15) is 11.0 Å². The zero-order chi connectivity index (χ0) is 22.8. The molecule has 1 aliphatic heterocycles. The van der Waals surface area contributed by atoms with Crippen molar-refractivity contribution in [3.8, 4) is 0 Å². The number of benzene rings is 2. The van der Waals surface area contributed by atoms with Crippen LogP contribution in [0.5, 0.6) is 0 Å². The van der Waals surface area contributed by atoms with Gasteiger partial charge >= 0.3 is 0 Å². The SMILES string of the molecule is CCc1ccc2nc(C(c3ccc(C)c(C)c3)n3cc(CCN4CCOCC4)nn3)sc2c1. The molecule has 0 radical (unpaired) electrons. The van der Waals surface area contributed by atoms with Gasteiger partial charge in [0.05, 0.1) is 29.1 Å². The van der Waals surface area contributed by atoms with Crippen molar-refractivity contribution in [2.24, 2.45) is 0 Å². The summed E-state index contributed by atoms with van der Waals surface area (Å²) in [5, 5.41) is 10.2. The molecule has 4 aromatic rings. The van der Waals surface area contributed by atoms with E-state index in [0.29, 0.717) is 0 Å². The number of nitrogens with zero attached hydrogens (tertiary/aromatic N) is 5. The van der Waals surface area contributed by atoms with Gasteiger partial charge in [0, 0.05) is 32.3 Å². The van der Waals surface area contributed by atoms with Crippen molar-refractivity contribution in [1.29, 1.82) is 0 Å². The van der Waals surface area contributed by atoms with Gasteiger partial charge in [0.15, 0.2) is 0 Å². The van der Waals surface area contributed by atoms with Crippen LogP contribution in [0.2, 0.25) is 0 Å². The molecular weight excluding hydrogens is 430 g/mol. The Balaban J connectivity index is 1.48. The third-order valence-electron chi connectivity index (χ3n) is 6.57. The van der Waals surface area contributed by atoms with Crippen molar-refractivity contribution >= 4 is 21.6 Å². The summed E-state index contributed by atoms with van der Waals surface area (Å²) < 4.78 is 8.69. The molecular formula is C26H31N5OS.